The van der Waals surface area contributed by atoms with Gasteiger partial charge in [0.25, 0.3) is 5.91 Å². The van der Waals surface area contributed by atoms with Crippen molar-refractivity contribution in [2.24, 2.45) is 0 Å². The van der Waals surface area contributed by atoms with Crippen LogP contribution in [0.5, 0.6) is 0 Å². The summed E-state index contributed by atoms with van der Waals surface area (Å²) in [7, 11) is 0. The summed E-state index contributed by atoms with van der Waals surface area (Å²) in [6, 6.07) is 7.38. The van der Waals surface area contributed by atoms with E-state index in [9.17, 15) is 14.9 Å². The van der Waals surface area contributed by atoms with Crippen molar-refractivity contribution in [1.82, 2.24) is 19.6 Å². The quantitative estimate of drug-likeness (QED) is 0.527. The van der Waals surface area contributed by atoms with Crippen molar-refractivity contribution in [2.45, 2.75) is 20.0 Å². The second-order valence-corrected chi connectivity index (χ2v) is 5.83. The summed E-state index contributed by atoms with van der Waals surface area (Å²) in [5.74, 6) is -0.617. The zero-order valence-corrected chi connectivity index (χ0v) is 14.6. The summed E-state index contributed by atoms with van der Waals surface area (Å²) in [5, 5.41) is 22.4. The maximum absolute atomic E-state index is 12.5. The summed E-state index contributed by atoms with van der Waals surface area (Å²) in [5.41, 5.74) is 0.860. The van der Waals surface area contributed by atoms with Crippen LogP contribution in [0.3, 0.4) is 0 Å². The fourth-order valence-electron chi connectivity index (χ4n) is 2.49. The molecule has 0 aliphatic carbocycles. The average Bonchev–Trinajstić information content (AvgIpc) is 3.23. The van der Waals surface area contributed by atoms with Gasteiger partial charge in [-0.2, -0.15) is 10.2 Å². The van der Waals surface area contributed by atoms with E-state index < -0.39 is 10.8 Å². The van der Waals surface area contributed by atoms with Crippen LogP contribution in [0.2, 0.25) is 5.02 Å². The van der Waals surface area contributed by atoms with E-state index in [1.807, 2.05) is 18.2 Å². The van der Waals surface area contributed by atoms with Crippen LogP contribution in [0.25, 0.3) is 0 Å². The Morgan fingerprint density at radius 3 is 2.77 bits per heavy atom. The molecule has 2 heterocycles. The summed E-state index contributed by atoms with van der Waals surface area (Å²) < 4.78 is 2.89. The van der Waals surface area contributed by atoms with Crippen LogP contribution in [0, 0.1) is 10.1 Å². The number of aryl methyl sites for hydroxylation is 1. The highest BCUT2D eigenvalue weighted by Gasteiger charge is 2.26. The lowest BCUT2D eigenvalue weighted by atomic mass is 10.2. The molecule has 0 saturated heterocycles. The minimum atomic E-state index is -0.630. The van der Waals surface area contributed by atoms with E-state index in [-0.39, 0.29) is 11.4 Å². The first-order chi connectivity index (χ1) is 12.5. The monoisotopic (exact) mass is 374 g/mol. The maximum Gasteiger partial charge on any atom is 0.320 e. The lowest BCUT2D eigenvalue weighted by Gasteiger charge is -2.05. The van der Waals surface area contributed by atoms with E-state index in [0.717, 1.165) is 11.8 Å². The van der Waals surface area contributed by atoms with Crippen molar-refractivity contribution in [2.75, 3.05) is 5.32 Å². The van der Waals surface area contributed by atoms with Gasteiger partial charge in [0.1, 0.15) is 6.20 Å². The smallest absolute Gasteiger partial charge is 0.318 e. The Kier molecular flexibility index (Phi) is 4.99. The molecule has 0 radical (unpaired) electrons. The van der Waals surface area contributed by atoms with Crippen molar-refractivity contribution < 1.29 is 9.72 Å². The van der Waals surface area contributed by atoms with Gasteiger partial charge in [-0.15, -0.1) is 0 Å². The second-order valence-electron chi connectivity index (χ2n) is 5.42. The van der Waals surface area contributed by atoms with Crippen LogP contribution in [0.15, 0.2) is 42.9 Å². The van der Waals surface area contributed by atoms with E-state index in [1.165, 1.54) is 10.9 Å². The summed E-state index contributed by atoms with van der Waals surface area (Å²) in [4.78, 5) is 22.9. The molecule has 2 aromatic heterocycles. The number of carbonyl (C=O) groups excluding carboxylic acids is 1. The molecular formula is C16H15ClN6O3. The van der Waals surface area contributed by atoms with Crippen molar-refractivity contribution in [3.8, 4) is 0 Å². The van der Waals surface area contributed by atoms with E-state index >= 15 is 0 Å². The molecule has 0 saturated carbocycles. The number of hydrogen-bond donors (Lipinski definition) is 1. The molecule has 0 unspecified atom stereocenters. The highest BCUT2D eigenvalue weighted by molar-refractivity contribution is 6.31. The van der Waals surface area contributed by atoms with Gasteiger partial charge in [0.2, 0.25) is 5.69 Å². The molecule has 3 rings (SSSR count). The highest BCUT2D eigenvalue weighted by atomic mass is 35.5. The Balaban J connectivity index is 1.77. The second kappa shape index (κ2) is 7.36. The lowest BCUT2D eigenvalue weighted by molar-refractivity contribution is -0.385. The predicted octanol–water partition coefficient (Wildman–Crippen LogP) is 2.96. The average molecular weight is 375 g/mol. The predicted molar refractivity (Wildman–Crippen MR) is 95.3 cm³/mol. The molecule has 0 aliphatic heterocycles. The molecule has 0 bridgehead atoms. The summed E-state index contributed by atoms with van der Waals surface area (Å²) in [6.07, 6.45) is 4.16. The third kappa shape index (κ3) is 3.57. The van der Waals surface area contributed by atoms with Gasteiger partial charge in [-0.05, 0) is 18.6 Å². The molecule has 1 N–H and O–H groups in total. The molecule has 0 fully saturated rings. The van der Waals surface area contributed by atoms with Crippen LogP contribution in [-0.2, 0) is 13.1 Å². The van der Waals surface area contributed by atoms with E-state index in [2.05, 4.69) is 15.5 Å². The lowest BCUT2D eigenvalue weighted by Crippen LogP contribution is -2.18. The first-order valence-electron chi connectivity index (χ1n) is 7.77. The van der Waals surface area contributed by atoms with Gasteiger partial charge in [-0.3, -0.25) is 24.3 Å². The number of aromatic nitrogens is 4. The zero-order chi connectivity index (χ0) is 18.7. The van der Waals surface area contributed by atoms with Crippen molar-refractivity contribution in [3.05, 3.63) is 69.3 Å². The van der Waals surface area contributed by atoms with Gasteiger partial charge in [0.05, 0.1) is 23.4 Å². The zero-order valence-electron chi connectivity index (χ0n) is 13.8. The Morgan fingerprint density at radius 1 is 1.31 bits per heavy atom. The Morgan fingerprint density at radius 2 is 2.08 bits per heavy atom. The Bertz CT molecular complexity index is 965. The molecule has 134 valence electrons. The normalized spacial score (nSPS) is 10.7. The summed E-state index contributed by atoms with van der Waals surface area (Å²) >= 11 is 6.13. The molecule has 0 aliphatic rings. The van der Waals surface area contributed by atoms with Gasteiger partial charge >= 0.3 is 5.69 Å². The highest BCUT2D eigenvalue weighted by Crippen LogP contribution is 2.20. The van der Waals surface area contributed by atoms with Gasteiger partial charge in [0, 0.05) is 17.8 Å². The first kappa shape index (κ1) is 17.6. The molecule has 1 amide bonds. The molecule has 3 aromatic rings. The minimum absolute atomic E-state index is 0.101. The van der Waals surface area contributed by atoms with E-state index in [4.69, 9.17) is 11.6 Å². The van der Waals surface area contributed by atoms with Gasteiger partial charge in [-0.1, -0.05) is 29.8 Å². The van der Waals surface area contributed by atoms with Crippen LogP contribution in [0.1, 0.15) is 23.0 Å². The van der Waals surface area contributed by atoms with Crippen molar-refractivity contribution in [3.63, 3.8) is 0 Å². The maximum atomic E-state index is 12.5. The standard InChI is InChI=1S/C16H15ClN6O3/c1-2-22-15(14(8-19-22)23(25)26)16(24)20-12-7-18-21(10-12)9-11-5-3-4-6-13(11)17/h3-8,10H,2,9H2,1H3,(H,20,24). The molecule has 1 aromatic carbocycles. The van der Waals surface area contributed by atoms with Gasteiger partial charge in [0.15, 0.2) is 0 Å². The van der Waals surface area contributed by atoms with Gasteiger partial charge < -0.3 is 5.32 Å². The molecule has 26 heavy (non-hydrogen) atoms. The van der Waals surface area contributed by atoms with Crippen molar-refractivity contribution >= 4 is 28.9 Å². The number of rotatable bonds is 6. The number of halogens is 1. The van der Waals surface area contributed by atoms with E-state index in [0.29, 0.717) is 23.8 Å². The number of nitro groups is 1. The molecule has 10 heteroatoms. The number of carbonyl (C=O) groups is 1. The number of nitrogens with zero attached hydrogens (tertiary/aromatic N) is 5. The fourth-order valence-corrected chi connectivity index (χ4v) is 2.68. The molecule has 9 nitrogen and oxygen atoms in total. The summed E-state index contributed by atoms with van der Waals surface area (Å²) in [6.45, 7) is 2.51. The van der Waals surface area contributed by atoms with Crippen LogP contribution >= 0.6 is 11.6 Å². The van der Waals surface area contributed by atoms with E-state index in [1.54, 1.807) is 23.9 Å². The van der Waals surface area contributed by atoms with Gasteiger partial charge in [-0.25, -0.2) is 0 Å². The van der Waals surface area contributed by atoms with Crippen LogP contribution < -0.4 is 5.32 Å². The number of hydrogen-bond acceptors (Lipinski definition) is 5. The SMILES string of the molecule is CCn1ncc([N+](=O)[O-])c1C(=O)Nc1cnn(Cc2ccccc2Cl)c1. The largest absolute Gasteiger partial charge is 0.320 e. The van der Waals surface area contributed by atoms with Crippen molar-refractivity contribution in [1.29, 1.82) is 0 Å². The number of amides is 1. The van der Waals surface area contributed by atoms with Crippen LogP contribution in [0.4, 0.5) is 11.4 Å². The third-order valence-corrected chi connectivity index (χ3v) is 4.08. The number of nitrogens with one attached hydrogen (secondary N) is 1. The third-order valence-electron chi connectivity index (χ3n) is 3.71. The Labute approximate surface area is 153 Å². The molecule has 0 spiro atoms. The van der Waals surface area contributed by atoms with Crippen LogP contribution in [-0.4, -0.2) is 30.4 Å². The first-order valence-corrected chi connectivity index (χ1v) is 8.14. The topological polar surface area (TPSA) is 108 Å². The molecule has 0 atom stereocenters. The number of anilines is 1. The Hall–Kier alpha value is -3.20. The number of benzene rings is 1. The molecular weight excluding hydrogens is 360 g/mol. The minimum Gasteiger partial charge on any atom is -0.318 e. The fraction of sp³-hybridized carbons (Fsp3) is 0.188.